The molecule has 0 radical (unpaired) electrons. The van der Waals surface area contributed by atoms with Crippen molar-refractivity contribution in [3.63, 3.8) is 0 Å². The minimum Gasteiger partial charge on any atom is -0.382 e. The van der Waals surface area contributed by atoms with Crippen molar-refractivity contribution >= 4 is 5.82 Å². The predicted molar refractivity (Wildman–Crippen MR) is 136 cm³/mol. The average molecular weight is 471 g/mol. The third kappa shape index (κ3) is 5.17. The van der Waals surface area contributed by atoms with Crippen LogP contribution in [0.3, 0.4) is 0 Å². The topological polar surface area (TPSA) is 112 Å². The average Bonchev–Trinajstić information content (AvgIpc) is 3.57. The number of rotatable bonds is 8. The van der Waals surface area contributed by atoms with Crippen molar-refractivity contribution in [1.82, 2.24) is 25.0 Å². The molecule has 180 valence electrons. The molecule has 1 aromatic carbocycles. The number of nitrogens with two attached hydrogens (primary N) is 1. The zero-order valence-electron chi connectivity index (χ0n) is 19.9. The molecule has 1 saturated carbocycles. The van der Waals surface area contributed by atoms with E-state index >= 15 is 0 Å². The van der Waals surface area contributed by atoms with E-state index in [0.717, 1.165) is 24.1 Å². The molecule has 0 aliphatic heterocycles. The summed E-state index contributed by atoms with van der Waals surface area (Å²) in [6.07, 6.45) is 9.64. The van der Waals surface area contributed by atoms with Crippen molar-refractivity contribution in [2.75, 3.05) is 12.8 Å². The Labute approximate surface area is 204 Å². The van der Waals surface area contributed by atoms with Gasteiger partial charge in [0.15, 0.2) is 17.3 Å². The smallest absolute Gasteiger partial charge is 0.250 e. The van der Waals surface area contributed by atoms with E-state index in [1.54, 1.807) is 22.9 Å². The molecule has 3 heterocycles. The monoisotopic (exact) mass is 470 g/mol. The van der Waals surface area contributed by atoms with Gasteiger partial charge in [0, 0.05) is 42.5 Å². The summed E-state index contributed by atoms with van der Waals surface area (Å²) in [5.41, 5.74) is 10.8. The molecule has 3 N–H and O–H groups in total. The van der Waals surface area contributed by atoms with Crippen molar-refractivity contribution in [3.05, 3.63) is 70.8 Å². The largest absolute Gasteiger partial charge is 0.382 e. The predicted octanol–water partition coefficient (Wildman–Crippen LogP) is 4.51. The second kappa shape index (κ2) is 10.2. The molecule has 0 atom stereocenters. The van der Waals surface area contributed by atoms with Gasteiger partial charge in [-0.3, -0.25) is 4.79 Å². The van der Waals surface area contributed by atoms with Crippen LogP contribution in [0.1, 0.15) is 37.7 Å². The summed E-state index contributed by atoms with van der Waals surface area (Å²) in [6.45, 7) is 1.52. The van der Waals surface area contributed by atoms with Crippen LogP contribution in [0.4, 0.5) is 5.82 Å². The van der Waals surface area contributed by atoms with Gasteiger partial charge >= 0.3 is 0 Å². The molecule has 8 heteroatoms. The molecule has 0 unspecified atom stereocenters. The van der Waals surface area contributed by atoms with E-state index in [0.29, 0.717) is 35.3 Å². The third-order valence-corrected chi connectivity index (χ3v) is 6.71. The zero-order chi connectivity index (χ0) is 24.2. The molecule has 3 aromatic heterocycles. The van der Waals surface area contributed by atoms with Crippen LogP contribution < -0.4 is 16.6 Å². The Morgan fingerprint density at radius 1 is 1.09 bits per heavy atom. The normalized spacial score (nSPS) is 14.0. The third-order valence-electron chi connectivity index (χ3n) is 6.71. The van der Waals surface area contributed by atoms with E-state index in [2.05, 4.69) is 27.6 Å². The lowest BCUT2D eigenvalue weighted by Crippen LogP contribution is -2.19. The first-order valence-corrected chi connectivity index (χ1v) is 12.1. The van der Waals surface area contributed by atoms with E-state index < -0.39 is 0 Å². The summed E-state index contributed by atoms with van der Waals surface area (Å²) in [5.74, 6) is 1.42. The number of pyridine rings is 1. The summed E-state index contributed by atoms with van der Waals surface area (Å²) in [6, 6.07) is 13.3. The molecule has 0 amide bonds. The van der Waals surface area contributed by atoms with E-state index in [1.165, 1.54) is 31.2 Å². The van der Waals surface area contributed by atoms with E-state index in [-0.39, 0.29) is 11.4 Å². The van der Waals surface area contributed by atoms with Crippen LogP contribution in [0.5, 0.6) is 0 Å². The molecule has 1 aliphatic carbocycles. The van der Waals surface area contributed by atoms with Crippen molar-refractivity contribution in [2.45, 2.75) is 45.2 Å². The van der Waals surface area contributed by atoms with E-state index in [1.807, 2.05) is 31.4 Å². The van der Waals surface area contributed by atoms with Crippen molar-refractivity contribution in [1.29, 1.82) is 0 Å². The van der Waals surface area contributed by atoms with E-state index in [4.69, 9.17) is 15.2 Å². The summed E-state index contributed by atoms with van der Waals surface area (Å²) >= 11 is 0. The van der Waals surface area contributed by atoms with Crippen LogP contribution in [0.2, 0.25) is 0 Å². The Kier molecular flexibility index (Phi) is 6.72. The highest BCUT2D eigenvalue weighted by atomic mass is 16.5. The molecule has 0 saturated heterocycles. The van der Waals surface area contributed by atoms with Crippen LogP contribution in [-0.2, 0) is 13.1 Å². The summed E-state index contributed by atoms with van der Waals surface area (Å²) in [4.78, 5) is 21.5. The first-order chi connectivity index (χ1) is 17.1. The Bertz CT molecular complexity index is 1350. The second-order valence-electron chi connectivity index (χ2n) is 9.18. The standard InChI is InChI=1S/C27H30N6O2/c1-29-15-19-6-8-20(9-7-19)22-14-24(35-32-22)26-27(28)30-16-23(31-26)21-10-11-25(34)33(17-21)13-12-18-4-2-3-5-18/h6-11,14,16-18,29H,2-5,12-13,15H2,1H3,(H2,28,30). The maximum atomic E-state index is 12.4. The lowest BCUT2D eigenvalue weighted by molar-refractivity contribution is 0.434. The Morgan fingerprint density at radius 2 is 1.86 bits per heavy atom. The molecule has 1 aliphatic rings. The highest BCUT2D eigenvalue weighted by molar-refractivity contribution is 5.72. The number of hydrogen-bond donors (Lipinski definition) is 2. The number of aromatic nitrogens is 4. The number of nitrogens with zero attached hydrogens (tertiary/aromatic N) is 4. The van der Waals surface area contributed by atoms with Gasteiger partial charge in [-0.2, -0.15) is 0 Å². The molecule has 4 aromatic rings. The van der Waals surface area contributed by atoms with Crippen molar-refractivity contribution in [2.24, 2.45) is 5.92 Å². The van der Waals surface area contributed by atoms with Crippen LogP contribution >= 0.6 is 0 Å². The fourth-order valence-electron chi connectivity index (χ4n) is 4.72. The van der Waals surface area contributed by atoms with Crippen LogP contribution in [-0.4, -0.2) is 26.7 Å². The second-order valence-corrected chi connectivity index (χ2v) is 9.18. The highest BCUT2D eigenvalue weighted by Crippen LogP contribution is 2.30. The minimum atomic E-state index is -0.00372. The van der Waals surface area contributed by atoms with Gasteiger partial charge in [0.2, 0.25) is 0 Å². The quantitative estimate of drug-likeness (QED) is 0.390. The summed E-state index contributed by atoms with van der Waals surface area (Å²) in [5, 5.41) is 7.35. The Balaban J connectivity index is 1.39. The molecule has 8 nitrogen and oxygen atoms in total. The van der Waals surface area contributed by atoms with Gasteiger partial charge in [-0.15, -0.1) is 0 Å². The van der Waals surface area contributed by atoms with Crippen LogP contribution in [0, 0.1) is 5.92 Å². The first-order valence-electron chi connectivity index (χ1n) is 12.1. The number of benzene rings is 1. The van der Waals surface area contributed by atoms with Gasteiger partial charge in [0.05, 0.1) is 11.9 Å². The van der Waals surface area contributed by atoms with Gasteiger partial charge in [-0.05, 0) is 31.0 Å². The molecule has 0 spiro atoms. The molecule has 5 rings (SSSR count). The lowest BCUT2D eigenvalue weighted by Gasteiger charge is -2.12. The number of hydrogen-bond acceptors (Lipinski definition) is 7. The SMILES string of the molecule is CNCc1ccc(-c2cc(-c3nc(-c4ccc(=O)n(CCC5CCCC5)c4)cnc3N)on2)cc1. The molecular formula is C27H30N6O2. The Morgan fingerprint density at radius 3 is 2.63 bits per heavy atom. The van der Waals surface area contributed by atoms with Gasteiger partial charge in [-0.25, -0.2) is 9.97 Å². The fourth-order valence-corrected chi connectivity index (χ4v) is 4.72. The van der Waals surface area contributed by atoms with Gasteiger partial charge in [0.25, 0.3) is 5.56 Å². The molecule has 0 bridgehead atoms. The minimum absolute atomic E-state index is 0.00372. The van der Waals surface area contributed by atoms with Crippen LogP contribution in [0.15, 0.2) is 64.2 Å². The summed E-state index contributed by atoms with van der Waals surface area (Å²) in [7, 11) is 1.92. The van der Waals surface area contributed by atoms with Gasteiger partial charge in [-0.1, -0.05) is 55.1 Å². The van der Waals surface area contributed by atoms with Gasteiger partial charge < -0.3 is 20.1 Å². The maximum Gasteiger partial charge on any atom is 0.250 e. The zero-order valence-corrected chi connectivity index (χ0v) is 19.9. The molecule has 35 heavy (non-hydrogen) atoms. The number of nitrogens with one attached hydrogen (secondary N) is 1. The highest BCUT2D eigenvalue weighted by Gasteiger charge is 2.17. The number of nitrogen functional groups attached to an aromatic ring is 1. The lowest BCUT2D eigenvalue weighted by atomic mass is 10.0. The number of aryl methyl sites for hydroxylation is 1. The van der Waals surface area contributed by atoms with E-state index in [9.17, 15) is 4.79 Å². The van der Waals surface area contributed by atoms with Crippen molar-refractivity contribution < 1.29 is 4.52 Å². The fraction of sp³-hybridized carbons (Fsp3) is 0.333. The van der Waals surface area contributed by atoms with Gasteiger partial charge in [0.1, 0.15) is 5.69 Å². The first kappa shape index (κ1) is 23.0. The maximum absolute atomic E-state index is 12.4. The Hall–Kier alpha value is -3.78. The molecule has 1 fully saturated rings. The molecular weight excluding hydrogens is 440 g/mol. The van der Waals surface area contributed by atoms with Crippen molar-refractivity contribution in [3.8, 4) is 34.0 Å². The van der Waals surface area contributed by atoms with Crippen LogP contribution in [0.25, 0.3) is 34.0 Å². The number of anilines is 1. The summed E-state index contributed by atoms with van der Waals surface area (Å²) < 4.78 is 7.37.